The maximum atomic E-state index is 12.8. The van der Waals surface area contributed by atoms with Crippen LogP contribution in [0.2, 0.25) is 0 Å². The van der Waals surface area contributed by atoms with Crippen LogP contribution in [0.3, 0.4) is 0 Å². The van der Waals surface area contributed by atoms with Crippen LogP contribution in [0.1, 0.15) is 17.0 Å². The van der Waals surface area contributed by atoms with Crippen molar-refractivity contribution in [1.82, 2.24) is 9.78 Å². The Morgan fingerprint density at radius 3 is 2.27 bits per heavy atom. The Balaban J connectivity index is 1.70. The van der Waals surface area contributed by atoms with Crippen molar-refractivity contribution in [3.05, 3.63) is 59.4 Å². The average Bonchev–Trinajstić information content (AvgIpc) is 2.98. The second-order valence-electron chi connectivity index (χ2n) is 6.72. The number of rotatable bonds is 8. The van der Waals surface area contributed by atoms with Crippen molar-refractivity contribution >= 4 is 27.5 Å². The number of benzene rings is 2. The average molecular weight is 448 g/mol. The topological polar surface area (TPSA) is 82.5 Å². The van der Waals surface area contributed by atoms with E-state index in [4.69, 9.17) is 9.47 Å². The van der Waals surface area contributed by atoms with Gasteiger partial charge in [0.15, 0.2) is 11.5 Å². The lowest BCUT2D eigenvalue weighted by molar-refractivity contribution is 0.354. The maximum Gasteiger partial charge on any atom is 0.262 e. The number of anilines is 1. The Labute approximate surface area is 181 Å². The van der Waals surface area contributed by atoms with Crippen LogP contribution in [-0.4, -0.2) is 32.4 Å². The van der Waals surface area contributed by atoms with Gasteiger partial charge in [-0.15, -0.1) is 11.8 Å². The number of nitrogens with zero attached hydrogens (tertiary/aromatic N) is 2. The van der Waals surface area contributed by atoms with Gasteiger partial charge < -0.3 is 9.47 Å². The van der Waals surface area contributed by atoms with Crippen LogP contribution in [-0.2, 0) is 22.8 Å². The largest absolute Gasteiger partial charge is 0.493 e. The number of hydrogen-bond acceptors (Lipinski definition) is 6. The predicted octanol–water partition coefficient (Wildman–Crippen LogP) is 4.15. The summed E-state index contributed by atoms with van der Waals surface area (Å²) in [6.45, 7) is 3.60. The zero-order valence-corrected chi connectivity index (χ0v) is 19.2. The van der Waals surface area contributed by atoms with Gasteiger partial charge in [0.05, 0.1) is 36.2 Å². The van der Waals surface area contributed by atoms with Crippen LogP contribution in [0.25, 0.3) is 0 Å². The molecule has 30 heavy (non-hydrogen) atoms. The molecule has 9 heteroatoms. The van der Waals surface area contributed by atoms with Crippen molar-refractivity contribution in [1.29, 1.82) is 0 Å². The van der Waals surface area contributed by atoms with E-state index in [0.717, 1.165) is 16.2 Å². The van der Waals surface area contributed by atoms with Crippen molar-refractivity contribution in [2.24, 2.45) is 7.05 Å². The lowest BCUT2D eigenvalue weighted by atomic mass is 10.2. The van der Waals surface area contributed by atoms with Crippen molar-refractivity contribution < 1.29 is 17.9 Å². The Kier molecular flexibility index (Phi) is 6.62. The highest BCUT2D eigenvalue weighted by Crippen LogP contribution is 2.33. The smallest absolute Gasteiger partial charge is 0.262 e. The molecule has 0 spiro atoms. The molecule has 1 aromatic heterocycles. The SMILES string of the molecule is COc1ccc(SCc2ccc(S(=O)(=O)Nc3c(C)nn(C)c3C)cc2)cc1OC. The fraction of sp³-hybridized carbons (Fsp3) is 0.286. The molecule has 0 aliphatic heterocycles. The second-order valence-corrected chi connectivity index (χ2v) is 9.46. The van der Waals surface area contributed by atoms with Gasteiger partial charge in [0.25, 0.3) is 10.0 Å². The molecule has 0 unspecified atom stereocenters. The van der Waals surface area contributed by atoms with E-state index >= 15 is 0 Å². The van der Waals surface area contributed by atoms with E-state index < -0.39 is 10.0 Å². The van der Waals surface area contributed by atoms with E-state index in [2.05, 4.69) is 9.82 Å². The van der Waals surface area contributed by atoms with Crippen LogP contribution in [0.15, 0.2) is 52.3 Å². The highest BCUT2D eigenvalue weighted by molar-refractivity contribution is 7.98. The molecular weight excluding hydrogens is 422 g/mol. The molecule has 0 fully saturated rings. The third kappa shape index (κ3) is 4.73. The first kappa shape index (κ1) is 22.0. The molecule has 1 N–H and O–H groups in total. The Hall–Kier alpha value is -2.65. The quantitative estimate of drug-likeness (QED) is 0.523. The Bertz CT molecular complexity index is 1140. The number of aryl methyl sites for hydroxylation is 2. The Morgan fingerprint density at radius 1 is 1.03 bits per heavy atom. The summed E-state index contributed by atoms with van der Waals surface area (Å²) in [6.07, 6.45) is 0. The minimum Gasteiger partial charge on any atom is -0.493 e. The zero-order valence-electron chi connectivity index (χ0n) is 17.6. The molecule has 3 aromatic rings. The fourth-order valence-electron chi connectivity index (χ4n) is 2.95. The number of sulfonamides is 1. The van der Waals surface area contributed by atoms with Crippen LogP contribution in [0.4, 0.5) is 5.69 Å². The highest BCUT2D eigenvalue weighted by Gasteiger charge is 2.19. The van der Waals surface area contributed by atoms with E-state index in [0.29, 0.717) is 28.6 Å². The molecular formula is C21H25N3O4S2. The molecule has 0 saturated carbocycles. The summed E-state index contributed by atoms with van der Waals surface area (Å²) in [7, 11) is 1.30. The molecule has 0 saturated heterocycles. The first-order valence-corrected chi connectivity index (χ1v) is 11.7. The maximum absolute atomic E-state index is 12.8. The van der Waals surface area contributed by atoms with E-state index in [1.807, 2.05) is 37.3 Å². The van der Waals surface area contributed by atoms with Gasteiger partial charge in [0.1, 0.15) is 0 Å². The number of nitrogens with one attached hydrogen (secondary N) is 1. The number of ether oxygens (including phenoxy) is 2. The van der Waals surface area contributed by atoms with Crippen LogP contribution < -0.4 is 14.2 Å². The van der Waals surface area contributed by atoms with Crippen molar-refractivity contribution in [2.75, 3.05) is 18.9 Å². The number of methoxy groups -OCH3 is 2. The standard InChI is InChI=1S/C21H25N3O4S2/c1-14-21(15(2)24(3)22-14)23-30(25,26)18-9-6-16(7-10-18)13-29-17-8-11-19(27-4)20(12-17)28-5/h6-12,23H,13H2,1-5H3. The molecule has 0 atom stereocenters. The monoisotopic (exact) mass is 447 g/mol. The molecule has 1 heterocycles. The van der Waals surface area contributed by atoms with Gasteiger partial charge in [-0.2, -0.15) is 5.10 Å². The van der Waals surface area contributed by atoms with Crippen LogP contribution >= 0.6 is 11.8 Å². The van der Waals surface area contributed by atoms with Gasteiger partial charge in [-0.1, -0.05) is 12.1 Å². The van der Waals surface area contributed by atoms with Crippen LogP contribution in [0.5, 0.6) is 11.5 Å². The van der Waals surface area contributed by atoms with E-state index in [9.17, 15) is 8.42 Å². The van der Waals surface area contributed by atoms with Gasteiger partial charge >= 0.3 is 0 Å². The summed E-state index contributed by atoms with van der Waals surface area (Å²) in [4.78, 5) is 1.25. The van der Waals surface area contributed by atoms with Crippen molar-refractivity contribution in [3.63, 3.8) is 0 Å². The summed E-state index contributed by atoms with van der Waals surface area (Å²) in [5.74, 6) is 2.06. The lowest BCUT2D eigenvalue weighted by Gasteiger charge is -2.10. The van der Waals surface area contributed by atoms with Gasteiger partial charge in [0.2, 0.25) is 0 Å². The second kappa shape index (κ2) is 9.01. The summed E-state index contributed by atoms with van der Waals surface area (Å²) >= 11 is 1.63. The molecule has 0 aliphatic rings. The van der Waals surface area contributed by atoms with Gasteiger partial charge in [-0.05, 0) is 49.7 Å². The summed E-state index contributed by atoms with van der Waals surface area (Å²) in [5.41, 5.74) is 2.94. The third-order valence-electron chi connectivity index (χ3n) is 4.74. The van der Waals surface area contributed by atoms with Gasteiger partial charge in [-0.3, -0.25) is 9.40 Å². The first-order valence-electron chi connectivity index (χ1n) is 9.22. The zero-order chi connectivity index (χ0) is 21.9. The van der Waals surface area contributed by atoms with Crippen molar-refractivity contribution in [2.45, 2.75) is 29.4 Å². The summed E-state index contributed by atoms with van der Waals surface area (Å²) < 4.78 is 40.4. The molecule has 0 amide bonds. The van der Waals surface area contributed by atoms with Crippen molar-refractivity contribution in [3.8, 4) is 11.5 Å². The molecule has 7 nitrogen and oxygen atoms in total. The lowest BCUT2D eigenvalue weighted by Crippen LogP contribution is -2.14. The number of aromatic nitrogens is 2. The van der Waals surface area contributed by atoms with Gasteiger partial charge in [-0.25, -0.2) is 8.42 Å². The molecule has 0 aliphatic carbocycles. The summed E-state index contributed by atoms with van der Waals surface area (Å²) in [6, 6.07) is 12.6. The molecule has 0 radical (unpaired) electrons. The van der Waals surface area contributed by atoms with E-state index in [1.165, 1.54) is 0 Å². The number of thioether (sulfide) groups is 1. The van der Waals surface area contributed by atoms with Gasteiger partial charge in [0, 0.05) is 17.7 Å². The normalized spacial score (nSPS) is 11.4. The minimum atomic E-state index is -3.69. The Morgan fingerprint density at radius 2 is 1.70 bits per heavy atom. The summed E-state index contributed by atoms with van der Waals surface area (Å²) in [5, 5.41) is 4.25. The molecule has 3 rings (SSSR count). The molecule has 160 valence electrons. The minimum absolute atomic E-state index is 0.213. The molecule has 2 aromatic carbocycles. The van der Waals surface area contributed by atoms with Crippen LogP contribution in [0, 0.1) is 13.8 Å². The number of hydrogen-bond donors (Lipinski definition) is 1. The third-order valence-corrected chi connectivity index (χ3v) is 7.17. The van der Waals surface area contributed by atoms with E-state index in [1.54, 1.807) is 56.8 Å². The predicted molar refractivity (Wildman–Crippen MR) is 119 cm³/mol. The first-order chi connectivity index (χ1) is 14.2. The highest BCUT2D eigenvalue weighted by atomic mass is 32.2. The van der Waals surface area contributed by atoms with E-state index in [-0.39, 0.29) is 4.90 Å². The fourth-order valence-corrected chi connectivity index (χ4v) is 5.01. The molecule has 0 bridgehead atoms.